The zero-order chi connectivity index (χ0) is 15.3. The monoisotopic (exact) mass is 282 g/mol. The summed E-state index contributed by atoms with van der Waals surface area (Å²) in [5.74, 6) is 5.46. The molecule has 0 atom stereocenters. The highest BCUT2D eigenvalue weighted by Crippen LogP contribution is 2.38. The van der Waals surface area contributed by atoms with Crippen LogP contribution in [0, 0.1) is 11.8 Å². The van der Waals surface area contributed by atoms with Gasteiger partial charge in [-0.25, -0.2) is 4.79 Å². The molecule has 0 bridgehead atoms. The molecule has 4 heteroatoms. The van der Waals surface area contributed by atoms with Gasteiger partial charge in [-0.15, -0.1) is 0 Å². The molecule has 0 heterocycles. The van der Waals surface area contributed by atoms with Gasteiger partial charge < -0.3 is 9.16 Å². The van der Waals surface area contributed by atoms with E-state index < -0.39 is 19.9 Å². The smallest absolute Gasteiger partial charge is 0.331 e. The lowest BCUT2D eigenvalue weighted by Gasteiger charge is -2.40. The molecule has 0 aromatic rings. The third-order valence-electron chi connectivity index (χ3n) is 3.19. The number of allylic oxidation sites excluding steroid dienone is 1. The van der Waals surface area contributed by atoms with Gasteiger partial charge >= 0.3 is 5.97 Å². The molecule has 3 nitrogen and oxygen atoms in total. The maximum atomic E-state index is 10.9. The van der Waals surface area contributed by atoms with Crippen molar-refractivity contribution in [3.63, 3.8) is 0 Å². The molecule has 0 amide bonds. The molecule has 0 spiro atoms. The number of ether oxygens (including phenoxy) is 1. The molecule has 0 unspecified atom stereocenters. The van der Waals surface area contributed by atoms with Crippen LogP contribution < -0.4 is 0 Å². The van der Waals surface area contributed by atoms with E-state index in [1.165, 1.54) is 19.3 Å². The van der Waals surface area contributed by atoms with Gasteiger partial charge in [-0.3, -0.25) is 0 Å². The quantitative estimate of drug-likeness (QED) is 0.344. The van der Waals surface area contributed by atoms with E-state index in [-0.39, 0.29) is 5.04 Å². The minimum absolute atomic E-state index is 0.147. The lowest BCUT2D eigenvalue weighted by Crippen LogP contribution is -2.46. The Hall–Kier alpha value is -1.05. The third kappa shape index (κ3) is 6.60. The van der Waals surface area contributed by atoms with Crippen LogP contribution >= 0.6 is 0 Å². The van der Waals surface area contributed by atoms with Crippen LogP contribution in [-0.2, 0) is 14.0 Å². The van der Waals surface area contributed by atoms with Crippen LogP contribution in [-0.4, -0.2) is 27.0 Å². The summed E-state index contributed by atoms with van der Waals surface area (Å²) in [5.41, 5.74) is -0.524. The first-order valence-corrected chi connectivity index (χ1v) is 9.29. The largest absolute Gasteiger partial charge is 0.466 e. The Balaban J connectivity index is 4.79. The summed E-state index contributed by atoms with van der Waals surface area (Å²) in [4.78, 5) is 10.9. The fourth-order valence-corrected chi connectivity index (χ4v) is 2.84. The molecule has 0 aromatic carbocycles. The minimum atomic E-state index is -1.85. The SMILES string of the molecule is COC(=O)/C=C\C#CC(C)(C)O[Si](C)(C)C(C)(C)C. The number of methoxy groups -OCH3 is 1. The predicted molar refractivity (Wildman–Crippen MR) is 81.3 cm³/mol. The van der Waals surface area contributed by atoms with Gasteiger partial charge in [0.2, 0.25) is 0 Å². The van der Waals surface area contributed by atoms with Crippen LogP contribution in [0.2, 0.25) is 18.1 Å². The van der Waals surface area contributed by atoms with E-state index in [9.17, 15) is 4.79 Å². The first-order chi connectivity index (χ1) is 8.41. The zero-order valence-electron chi connectivity index (χ0n) is 13.4. The highest BCUT2D eigenvalue weighted by atomic mass is 28.4. The Morgan fingerprint density at radius 3 is 2.11 bits per heavy atom. The van der Waals surface area contributed by atoms with E-state index in [1.807, 2.05) is 13.8 Å². The average Bonchev–Trinajstić information content (AvgIpc) is 2.20. The minimum Gasteiger partial charge on any atom is -0.466 e. The van der Waals surface area contributed by atoms with Gasteiger partial charge in [0, 0.05) is 6.08 Å². The number of rotatable bonds is 3. The highest BCUT2D eigenvalue weighted by Gasteiger charge is 2.40. The Morgan fingerprint density at radius 2 is 1.68 bits per heavy atom. The Labute approximate surface area is 118 Å². The van der Waals surface area contributed by atoms with Crippen LogP contribution in [0.25, 0.3) is 0 Å². The number of hydrogen-bond donors (Lipinski definition) is 0. The number of carbonyl (C=O) groups is 1. The molecule has 0 rings (SSSR count). The van der Waals surface area contributed by atoms with Crippen molar-refractivity contribution in [2.45, 2.75) is 58.4 Å². The van der Waals surface area contributed by atoms with Gasteiger partial charge in [-0.1, -0.05) is 32.6 Å². The molecular weight excluding hydrogens is 256 g/mol. The van der Waals surface area contributed by atoms with Crippen LogP contribution in [0.5, 0.6) is 0 Å². The second kappa shape index (κ2) is 6.40. The average molecular weight is 282 g/mol. The standard InChI is InChI=1S/C15H26O3Si/c1-14(2,3)19(7,8)18-15(4,5)12-10-9-11-13(16)17-6/h9,11H,1-8H3/b11-9-. The second-order valence-electron chi connectivity index (χ2n) is 6.50. The molecule has 0 radical (unpaired) electrons. The summed E-state index contributed by atoms with van der Waals surface area (Å²) >= 11 is 0. The molecule has 0 aliphatic carbocycles. The van der Waals surface area contributed by atoms with Crippen molar-refractivity contribution >= 4 is 14.3 Å². The van der Waals surface area contributed by atoms with Crippen molar-refractivity contribution in [3.05, 3.63) is 12.2 Å². The van der Waals surface area contributed by atoms with E-state index in [1.54, 1.807) is 0 Å². The van der Waals surface area contributed by atoms with E-state index in [2.05, 4.69) is 50.4 Å². The van der Waals surface area contributed by atoms with E-state index >= 15 is 0 Å². The first kappa shape index (κ1) is 17.9. The summed E-state index contributed by atoms with van der Waals surface area (Å²) in [6.45, 7) is 14.9. The summed E-state index contributed by atoms with van der Waals surface area (Å²) in [7, 11) is -0.510. The van der Waals surface area contributed by atoms with Crippen LogP contribution in [0.3, 0.4) is 0 Å². The Morgan fingerprint density at radius 1 is 1.16 bits per heavy atom. The van der Waals surface area contributed by atoms with Crippen molar-refractivity contribution in [2.24, 2.45) is 0 Å². The zero-order valence-corrected chi connectivity index (χ0v) is 14.4. The Kier molecular flexibility index (Phi) is 6.05. The molecule has 19 heavy (non-hydrogen) atoms. The third-order valence-corrected chi connectivity index (χ3v) is 7.83. The summed E-state index contributed by atoms with van der Waals surface area (Å²) in [6.07, 6.45) is 2.79. The van der Waals surface area contributed by atoms with Crippen molar-refractivity contribution in [2.75, 3.05) is 7.11 Å². The number of carbonyl (C=O) groups excluding carboxylic acids is 1. The highest BCUT2D eigenvalue weighted by molar-refractivity contribution is 6.74. The molecule has 108 valence electrons. The van der Waals surface area contributed by atoms with Crippen LogP contribution in [0.15, 0.2) is 12.2 Å². The molecule has 0 fully saturated rings. The molecular formula is C15H26O3Si. The predicted octanol–water partition coefficient (Wildman–Crippen LogP) is 3.52. The van der Waals surface area contributed by atoms with Gasteiger partial charge in [0.15, 0.2) is 8.32 Å². The summed E-state index contributed by atoms with van der Waals surface area (Å²) in [5, 5.41) is 0.147. The summed E-state index contributed by atoms with van der Waals surface area (Å²) < 4.78 is 10.7. The Bertz CT molecular complexity index is 403. The molecule has 0 aliphatic rings. The van der Waals surface area contributed by atoms with Gasteiger partial charge in [0.1, 0.15) is 5.60 Å². The molecule has 0 saturated heterocycles. The fourth-order valence-electron chi connectivity index (χ4n) is 1.21. The second-order valence-corrected chi connectivity index (χ2v) is 11.2. The van der Waals surface area contributed by atoms with E-state index in [4.69, 9.17) is 4.43 Å². The van der Waals surface area contributed by atoms with Gasteiger partial charge in [-0.05, 0) is 38.1 Å². The normalized spacial score (nSPS) is 13.1. The van der Waals surface area contributed by atoms with Crippen molar-refractivity contribution in [3.8, 4) is 11.8 Å². The lowest BCUT2D eigenvalue weighted by molar-refractivity contribution is -0.134. The summed E-state index contributed by atoms with van der Waals surface area (Å²) in [6, 6.07) is 0. The van der Waals surface area contributed by atoms with Crippen LogP contribution in [0.4, 0.5) is 0 Å². The van der Waals surface area contributed by atoms with Crippen molar-refractivity contribution in [1.29, 1.82) is 0 Å². The van der Waals surface area contributed by atoms with Gasteiger partial charge in [-0.2, -0.15) is 0 Å². The fraction of sp³-hybridized carbons (Fsp3) is 0.667. The molecule has 0 aromatic heterocycles. The van der Waals surface area contributed by atoms with Crippen LogP contribution in [0.1, 0.15) is 34.6 Å². The van der Waals surface area contributed by atoms with Crippen molar-refractivity contribution < 1.29 is 14.0 Å². The molecule has 0 N–H and O–H groups in total. The van der Waals surface area contributed by atoms with E-state index in [0.29, 0.717) is 0 Å². The van der Waals surface area contributed by atoms with Gasteiger partial charge in [0.25, 0.3) is 0 Å². The topological polar surface area (TPSA) is 35.5 Å². The lowest BCUT2D eigenvalue weighted by atomic mass is 10.1. The maximum absolute atomic E-state index is 10.9. The van der Waals surface area contributed by atoms with Crippen molar-refractivity contribution in [1.82, 2.24) is 0 Å². The molecule has 0 saturated carbocycles. The molecule has 0 aliphatic heterocycles. The maximum Gasteiger partial charge on any atom is 0.331 e. The first-order valence-electron chi connectivity index (χ1n) is 6.39. The van der Waals surface area contributed by atoms with E-state index in [0.717, 1.165) is 0 Å². The number of hydrogen-bond acceptors (Lipinski definition) is 3. The van der Waals surface area contributed by atoms with Gasteiger partial charge in [0.05, 0.1) is 7.11 Å². The number of esters is 1.